The maximum Gasteiger partial charge on any atom is 0.179 e. The first-order chi connectivity index (χ1) is 14.1. The normalized spacial score (nSPS) is 11.0. The van der Waals surface area contributed by atoms with Crippen LogP contribution >= 0.6 is 11.6 Å². The monoisotopic (exact) mass is 414 g/mol. The van der Waals surface area contributed by atoms with Crippen LogP contribution in [-0.4, -0.2) is 40.9 Å². The first-order valence-electron chi connectivity index (χ1n) is 9.25. The lowest BCUT2D eigenvalue weighted by Crippen LogP contribution is -2.10. The molecule has 0 bridgehead atoms. The van der Waals surface area contributed by atoms with E-state index in [1.54, 1.807) is 12.3 Å². The van der Waals surface area contributed by atoms with Crippen molar-refractivity contribution in [2.24, 2.45) is 5.10 Å². The summed E-state index contributed by atoms with van der Waals surface area (Å²) in [7, 11) is 0. The number of halogens is 1. The lowest BCUT2D eigenvalue weighted by atomic mass is 10.1. The molecule has 7 nitrogen and oxygen atoms in total. The molecule has 3 aromatic rings. The van der Waals surface area contributed by atoms with Gasteiger partial charge in [0.25, 0.3) is 0 Å². The third kappa shape index (κ3) is 5.71. The van der Waals surface area contributed by atoms with E-state index >= 15 is 0 Å². The molecule has 0 spiro atoms. The van der Waals surface area contributed by atoms with Crippen LogP contribution in [0.3, 0.4) is 0 Å². The standard InChI is InChI=1S/C21H23ClN4O3/c1-4-27-20-11-17(12-25-26-13-23-24-14-26)10-19(22)21(20)29-8-7-28-18-6-5-15(2)16(3)9-18/h5-6,9-14H,4,7-8H2,1-3H3/b25-12-. The van der Waals surface area contributed by atoms with Crippen molar-refractivity contribution in [2.45, 2.75) is 20.8 Å². The molecule has 29 heavy (non-hydrogen) atoms. The van der Waals surface area contributed by atoms with E-state index in [0.717, 1.165) is 11.3 Å². The Labute approximate surface area is 174 Å². The quantitative estimate of drug-likeness (QED) is 0.386. The number of aryl methyl sites for hydroxylation is 2. The lowest BCUT2D eigenvalue weighted by Gasteiger charge is -2.15. The van der Waals surface area contributed by atoms with Gasteiger partial charge in [-0.15, -0.1) is 10.2 Å². The molecule has 0 saturated carbocycles. The molecule has 0 N–H and O–H groups in total. The minimum atomic E-state index is 0.334. The van der Waals surface area contributed by atoms with Crippen LogP contribution in [0.25, 0.3) is 0 Å². The Balaban J connectivity index is 1.65. The third-order valence-corrected chi connectivity index (χ3v) is 4.44. The number of rotatable bonds is 9. The van der Waals surface area contributed by atoms with Gasteiger partial charge in [-0.1, -0.05) is 17.7 Å². The highest BCUT2D eigenvalue weighted by Crippen LogP contribution is 2.36. The number of hydrogen-bond donors (Lipinski definition) is 0. The summed E-state index contributed by atoms with van der Waals surface area (Å²) in [5.41, 5.74) is 3.19. The van der Waals surface area contributed by atoms with Gasteiger partial charge in [-0.25, -0.2) is 4.68 Å². The van der Waals surface area contributed by atoms with Crippen LogP contribution < -0.4 is 14.2 Å². The molecule has 0 radical (unpaired) electrons. The van der Waals surface area contributed by atoms with Gasteiger partial charge in [-0.05, 0) is 61.7 Å². The molecule has 0 aliphatic heterocycles. The summed E-state index contributed by atoms with van der Waals surface area (Å²) in [6.07, 6.45) is 4.63. The predicted octanol–water partition coefficient (Wildman–Crippen LogP) is 4.29. The van der Waals surface area contributed by atoms with E-state index in [4.69, 9.17) is 25.8 Å². The van der Waals surface area contributed by atoms with Crippen LogP contribution in [0.4, 0.5) is 0 Å². The van der Waals surface area contributed by atoms with Gasteiger partial charge in [-0.3, -0.25) is 0 Å². The minimum Gasteiger partial charge on any atom is -0.490 e. The van der Waals surface area contributed by atoms with Crippen LogP contribution in [-0.2, 0) is 0 Å². The van der Waals surface area contributed by atoms with Crippen molar-refractivity contribution >= 4 is 17.8 Å². The van der Waals surface area contributed by atoms with E-state index < -0.39 is 0 Å². The molecule has 152 valence electrons. The summed E-state index contributed by atoms with van der Waals surface area (Å²) in [4.78, 5) is 0. The third-order valence-electron chi connectivity index (χ3n) is 4.16. The first kappa shape index (κ1) is 20.7. The molecular formula is C21H23ClN4O3. The zero-order chi connectivity index (χ0) is 20.6. The van der Waals surface area contributed by atoms with Crippen molar-refractivity contribution in [3.05, 3.63) is 64.7 Å². The minimum absolute atomic E-state index is 0.334. The zero-order valence-electron chi connectivity index (χ0n) is 16.6. The number of nitrogens with zero attached hydrogens (tertiary/aromatic N) is 4. The largest absolute Gasteiger partial charge is 0.490 e. The Kier molecular flexibility index (Phi) is 7.08. The fourth-order valence-electron chi connectivity index (χ4n) is 2.56. The van der Waals surface area contributed by atoms with Crippen LogP contribution in [0.1, 0.15) is 23.6 Å². The summed E-state index contributed by atoms with van der Waals surface area (Å²) >= 11 is 6.43. The molecule has 0 fully saturated rings. The maximum atomic E-state index is 6.43. The van der Waals surface area contributed by atoms with Gasteiger partial charge >= 0.3 is 0 Å². The maximum absolute atomic E-state index is 6.43. The van der Waals surface area contributed by atoms with E-state index in [1.807, 2.05) is 31.2 Å². The molecule has 1 aromatic heterocycles. The second-order valence-corrected chi connectivity index (χ2v) is 6.70. The molecule has 3 rings (SSSR count). The summed E-state index contributed by atoms with van der Waals surface area (Å²) in [5.74, 6) is 1.85. The fraction of sp³-hybridized carbons (Fsp3) is 0.286. The van der Waals surface area contributed by atoms with Crippen molar-refractivity contribution in [3.63, 3.8) is 0 Å². The molecule has 0 saturated heterocycles. The van der Waals surface area contributed by atoms with E-state index in [-0.39, 0.29) is 0 Å². The van der Waals surface area contributed by atoms with Gasteiger partial charge in [0.2, 0.25) is 0 Å². The average Bonchev–Trinajstić information content (AvgIpc) is 3.22. The molecule has 1 heterocycles. The second kappa shape index (κ2) is 9.93. The highest BCUT2D eigenvalue weighted by atomic mass is 35.5. The van der Waals surface area contributed by atoms with Crippen molar-refractivity contribution in [2.75, 3.05) is 19.8 Å². The molecule has 2 aromatic carbocycles. The Morgan fingerprint density at radius 3 is 2.48 bits per heavy atom. The summed E-state index contributed by atoms with van der Waals surface area (Å²) in [5, 5.41) is 12.1. The SMILES string of the molecule is CCOc1cc(/C=N\n2cnnc2)cc(Cl)c1OCCOc1ccc(C)c(C)c1. The average molecular weight is 415 g/mol. The van der Waals surface area contributed by atoms with E-state index in [2.05, 4.69) is 29.1 Å². The van der Waals surface area contributed by atoms with E-state index in [1.165, 1.54) is 28.5 Å². The summed E-state index contributed by atoms with van der Waals surface area (Å²) < 4.78 is 18.8. The Morgan fingerprint density at radius 2 is 1.76 bits per heavy atom. The van der Waals surface area contributed by atoms with Gasteiger partial charge in [0, 0.05) is 0 Å². The van der Waals surface area contributed by atoms with Crippen LogP contribution in [0.2, 0.25) is 5.02 Å². The summed E-state index contributed by atoms with van der Waals surface area (Å²) in [6.45, 7) is 7.24. The zero-order valence-corrected chi connectivity index (χ0v) is 17.4. The Hall–Kier alpha value is -3.06. The first-order valence-corrected chi connectivity index (χ1v) is 9.62. The van der Waals surface area contributed by atoms with Crippen molar-refractivity contribution < 1.29 is 14.2 Å². The summed E-state index contributed by atoms with van der Waals surface area (Å²) in [6, 6.07) is 9.58. The van der Waals surface area contributed by atoms with Crippen LogP contribution in [0.5, 0.6) is 17.2 Å². The van der Waals surface area contributed by atoms with Crippen molar-refractivity contribution in [1.29, 1.82) is 0 Å². The van der Waals surface area contributed by atoms with Gasteiger partial charge in [0.05, 0.1) is 17.8 Å². The van der Waals surface area contributed by atoms with Crippen LogP contribution in [0.15, 0.2) is 48.1 Å². The number of hydrogen-bond acceptors (Lipinski definition) is 6. The highest BCUT2D eigenvalue weighted by Gasteiger charge is 2.12. The highest BCUT2D eigenvalue weighted by molar-refractivity contribution is 6.32. The Morgan fingerprint density at radius 1 is 1.00 bits per heavy atom. The number of aromatic nitrogens is 3. The van der Waals surface area contributed by atoms with Crippen molar-refractivity contribution in [3.8, 4) is 17.2 Å². The number of ether oxygens (including phenoxy) is 3. The molecule has 0 aliphatic carbocycles. The molecule has 8 heteroatoms. The van der Waals surface area contributed by atoms with E-state index in [0.29, 0.717) is 36.3 Å². The van der Waals surface area contributed by atoms with Gasteiger partial charge in [0.15, 0.2) is 11.5 Å². The van der Waals surface area contributed by atoms with Gasteiger partial charge in [-0.2, -0.15) is 5.10 Å². The second-order valence-electron chi connectivity index (χ2n) is 6.29. The topological polar surface area (TPSA) is 70.8 Å². The van der Waals surface area contributed by atoms with Gasteiger partial charge < -0.3 is 14.2 Å². The molecule has 0 atom stereocenters. The van der Waals surface area contributed by atoms with Gasteiger partial charge in [0.1, 0.15) is 31.6 Å². The smallest absolute Gasteiger partial charge is 0.179 e. The van der Waals surface area contributed by atoms with Crippen LogP contribution in [0, 0.1) is 13.8 Å². The molecular weight excluding hydrogens is 392 g/mol. The molecule has 0 unspecified atom stereocenters. The predicted molar refractivity (Wildman–Crippen MR) is 113 cm³/mol. The van der Waals surface area contributed by atoms with Crippen molar-refractivity contribution in [1.82, 2.24) is 14.9 Å². The number of benzene rings is 2. The Bertz CT molecular complexity index is 974. The molecule has 0 amide bonds. The van der Waals surface area contributed by atoms with E-state index in [9.17, 15) is 0 Å². The molecule has 0 aliphatic rings. The lowest BCUT2D eigenvalue weighted by molar-refractivity contribution is 0.208. The fourth-order valence-corrected chi connectivity index (χ4v) is 2.83.